The number of nitrogens with zero attached hydrogens (tertiary/aromatic N) is 5. The Morgan fingerprint density at radius 1 is 1.04 bits per heavy atom. The van der Waals surface area contributed by atoms with E-state index in [-0.39, 0.29) is 5.92 Å². The lowest BCUT2D eigenvalue weighted by Crippen LogP contribution is -2.19. The van der Waals surface area contributed by atoms with E-state index in [0.717, 1.165) is 25.1 Å². The van der Waals surface area contributed by atoms with Gasteiger partial charge in [-0.15, -0.1) is 0 Å². The first-order chi connectivity index (χ1) is 11.2. The number of hydrogen-bond acceptors (Lipinski definition) is 7. The van der Waals surface area contributed by atoms with Crippen LogP contribution >= 0.6 is 0 Å². The molecule has 1 saturated heterocycles. The van der Waals surface area contributed by atoms with E-state index < -0.39 is 0 Å². The second kappa shape index (κ2) is 5.49. The molecule has 0 saturated carbocycles. The normalized spacial score (nSPS) is 17.8. The first kappa shape index (κ1) is 13.9. The minimum atomic E-state index is 0.214. The molecule has 0 aliphatic carbocycles. The molecule has 0 amide bonds. The molecule has 3 heterocycles. The number of anilines is 1. The van der Waals surface area contributed by atoms with Gasteiger partial charge in [-0.1, -0.05) is 40.1 Å². The van der Waals surface area contributed by atoms with Crippen molar-refractivity contribution >= 4 is 6.01 Å². The van der Waals surface area contributed by atoms with E-state index in [4.69, 9.17) is 9.05 Å². The summed E-state index contributed by atoms with van der Waals surface area (Å²) in [6.07, 6.45) is 0.934. The van der Waals surface area contributed by atoms with E-state index >= 15 is 0 Å². The zero-order chi connectivity index (χ0) is 15.8. The van der Waals surface area contributed by atoms with Gasteiger partial charge in [-0.25, -0.2) is 0 Å². The molecular formula is C16H17N5O2. The summed E-state index contributed by atoms with van der Waals surface area (Å²) >= 11 is 0. The Hall–Kier alpha value is -2.70. The van der Waals surface area contributed by atoms with Gasteiger partial charge in [0.2, 0.25) is 11.7 Å². The van der Waals surface area contributed by atoms with Crippen LogP contribution in [0.4, 0.5) is 6.01 Å². The van der Waals surface area contributed by atoms with Gasteiger partial charge in [0, 0.05) is 18.7 Å². The van der Waals surface area contributed by atoms with Crippen LogP contribution in [-0.4, -0.2) is 33.4 Å². The van der Waals surface area contributed by atoms with Crippen molar-refractivity contribution in [2.75, 3.05) is 18.0 Å². The lowest BCUT2D eigenvalue weighted by molar-refractivity contribution is 0.356. The SMILES string of the molecule is Cc1ccc(-c2noc(N3CCC(c4nc(C)no4)C3)n2)cc1. The fourth-order valence-electron chi connectivity index (χ4n) is 2.78. The van der Waals surface area contributed by atoms with E-state index in [0.29, 0.717) is 23.6 Å². The molecule has 0 radical (unpaired) electrons. The summed E-state index contributed by atoms with van der Waals surface area (Å²) in [6, 6.07) is 8.61. The molecule has 1 atom stereocenters. The maximum atomic E-state index is 5.42. The van der Waals surface area contributed by atoms with Crippen molar-refractivity contribution in [1.82, 2.24) is 20.3 Å². The molecule has 0 bridgehead atoms. The highest BCUT2D eigenvalue weighted by Crippen LogP contribution is 2.30. The quantitative estimate of drug-likeness (QED) is 0.735. The lowest BCUT2D eigenvalue weighted by Gasteiger charge is -2.10. The van der Waals surface area contributed by atoms with E-state index in [2.05, 4.69) is 32.1 Å². The van der Waals surface area contributed by atoms with E-state index in [1.54, 1.807) is 0 Å². The first-order valence-electron chi connectivity index (χ1n) is 7.65. The molecule has 1 fully saturated rings. The van der Waals surface area contributed by atoms with Gasteiger partial charge in [0.1, 0.15) is 0 Å². The van der Waals surface area contributed by atoms with Crippen LogP contribution < -0.4 is 4.90 Å². The number of aryl methyl sites for hydroxylation is 2. The number of rotatable bonds is 3. The second-order valence-electron chi connectivity index (χ2n) is 5.88. The van der Waals surface area contributed by atoms with Gasteiger partial charge in [0.15, 0.2) is 5.82 Å². The van der Waals surface area contributed by atoms with E-state index in [9.17, 15) is 0 Å². The van der Waals surface area contributed by atoms with Crippen LogP contribution in [0.5, 0.6) is 0 Å². The van der Waals surface area contributed by atoms with Gasteiger partial charge in [-0.3, -0.25) is 0 Å². The average molecular weight is 311 g/mol. The Kier molecular flexibility index (Phi) is 3.33. The first-order valence-corrected chi connectivity index (χ1v) is 7.65. The molecule has 2 aromatic heterocycles. The van der Waals surface area contributed by atoms with Crippen LogP contribution in [0.1, 0.15) is 29.6 Å². The molecule has 0 N–H and O–H groups in total. The fraction of sp³-hybridized carbons (Fsp3) is 0.375. The molecule has 1 aromatic carbocycles. The maximum Gasteiger partial charge on any atom is 0.324 e. The number of benzene rings is 1. The highest BCUT2D eigenvalue weighted by molar-refractivity contribution is 5.56. The Labute approximate surface area is 133 Å². The molecule has 0 spiro atoms. The summed E-state index contributed by atoms with van der Waals surface area (Å²) in [5.74, 6) is 2.17. The summed E-state index contributed by atoms with van der Waals surface area (Å²) in [7, 11) is 0. The van der Waals surface area contributed by atoms with Gasteiger partial charge >= 0.3 is 6.01 Å². The van der Waals surface area contributed by atoms with Crippen LogP contribution in [0.2, 0.25) is 0 Å². The molecule has 3 aromatic rings. The lowest BCUT2D eigenvalue weighted by atomic mass is 10.1. The second-order valence-corrected chi connectivity index (χ2v) is 5.88. The van der Waals surface area contributed by atoms with Crippen molar-refractivity contribution in [2.24, 2.45) is 0 Å². The van der Waals surface area contributed by atoms with E-state index in [1.807, 2.05) is 31.2 Å². The molecule has 1 aliphatic heterocycles. The van der Waals surface area contributed by atoms with E-state index in [1.165, 1.54) is 5.56 Å². The van der Waals surface area contributed by atoms with Gasteiger partial charge in [-0.05, 0) is 20.3 Å². The Morgan fingerprint density at radius 2 is 1.87 bits per heavy atom. The van der Waals surface area contributed by atoms with Crippen LogP contribution in [-0.2, 0) is 0 Å². The number of hydrogen-bond donors (Lipinski definition) is 0. The number of aromatic nitrogens is 4. The summed E-state index contributed by atoms with van der Waals surface area (Å²) in [6.45, 7) is 5.46. The highest BCUT2D eigenvalue weighted by Gasteiger charge is 2.31. The average Bonchev–Trinajstić information content (AvgIpc) is 3.27. The highest BCUT2D eigenvalue weighted by atomic mass is 16.5. The molecule has 7 heteroatoms. The van der Waals surface area contributed by atoms with Gasteiger partial charge in [0.05, 0.1) is 5.92 Å². The van der Waals surface area contributed by atoms with Crippen molar-refractivity contribution in [3.63, 3.8) is 0 Å². The van der Waals surface area contributed by atoms with Crippen LogP contribution in [0.3, 0.4) is 0 Å². The Bertz CT molecular complexity index is 808. The van der Waals surface area contributed by atoms with Crippen molar-refractivity contribution < 1.29 is 9.05 Å². The molecule has 118 valence electrons. The summed E-state index contributed by atoms with van der Waals surface area (Å²) in [5.41, 5.74) is 2.16. The maximum absolute atomic E-state index is 5.42. The fourth-order valence-corrected chi connectivity index (χ4v) is 2.78. The molecular weight excluding hydrogens is 294 g/mol. The van der Waals surface area contributed by atoms with Crippen molar-refractivity contribution in [2.45, 2.75) is 26.2 Å². The molecule has 7 nitrogen and oxygen atoms in total. The third kappa shape index (κ3) is 2.69. The van der Waals surface area contributed by atoms with Gasteiger partial charge in [-0.2, -0.15) is 9.97 Å². The standard InChI is InChI=1S/C16H17N5O2/c1-10-3-5-12(6-4-10)14-18-16(23-20-14)21-8-7-13(9-21)15-17-11(2)19-22-15/h3-6,13H,7-9H2,1-2H3. The molecule has 23 heavy (non-hydrogen) atoms. The Morgan fingerprint density at radius 3 is 2.61 bits per heavy atom. The third-order valence-electron chi connectivity index (χ3n) is 4.08. The predicted octanol–water partition coefficient (Wildman–Crippen LogP) is 2.73. The topological polar surface area (TPSA) is 81.1 Å². The zero-order valence-electron chi connectivity index (χ0n) is 13.1. The molecule has 1 aliphatic rings. The summed E-state index contributed by atoms with van der Waals surface area (Å²) in [4.78, 5) is 10.9. The monoisotopic (exact) mass is 311 g/mol. The van der Waals surface area contributed by atoms with Gasteiger partial charge in [0.25, 0.3) is 0 Å². The predicted molar refractivity (Wildman–Crippen MR) is 83.1 cm³/mol. The minimum absolute atomic E-state index is 0.214. The van der Waals surface area contributed by atoms with Gasteiger partial charge < -0.3 is 13.9 Å². The van der Waals surface area contributed by atoms with Crippen LogP contribution in [0.15, 0.2) is 33.3 Å². The van der Waals surface area contributed by atoms with Crippen molar-refractivity contribution in [1.29, 1.82) is 0 Å². The van der Waals surface area contributed by atoms with Crippen LogP contribution in [0.25, 0.3) is 11.4 Å². The third-order valence-corrected chi connectivity index (χ3v) is 4.08. The largest absolute Gasteiger partial charge is 0.339 e. The summed E-state index contributed by atoms with van der Waals surface area (Å²) in [5, 5.41) is 7.94. The van der Waals surface area contributed by atoms with Crippen molar-refractivity contribution in [3.05, 3.63) is 41.5 Å². The van der Waals surface area contributed by atoms with Crippen molar-refractivity contribution in [3.8, 4) is 11.4 Å². The smallest absolute Gasteiger partial charge is 0.324 e. The molecule has 4 rings (SSSR count). The summed E-state index contributed by atoms with van der Waals surface area (Å²) < 4.78 is 10.7. The minimum Gasteiger partial charge on any atom is -0.339 e. The zero-order valence-corrected chi connectivity index (χ0v) is 13.1. The van der Waals surface area contributed by atoms with Crippen LogP contribution in [0, 0.1) is 13.8 Å². The Balaban J connectivity index is 1.50. The molecule has 1 unspecified atom stereocenters.